The Morgan fingerprint density at radius 2 is 1.38 bits per heavy atom. The van der Waals surface area contributed by atoms with Crippen molar-refractivity contribution in [2.75, 3.05) is 13.1 Å². The van der Waals surface area contributed by atoms with Crippen LogP contribution in [0.2, 0.25) is 0 Å². The highest BCUT2D eigenvalue weighted by Crippen LogP contribution is 2.35. The molecule has 7 nitrogen and oxygen atoms in total. The summed E-state index contributed by atoms with van der Waals surface area (Å²) in [5.41, 5.74) is 4.14. The SMILES string of the molecule is C=C(C)c1cc(C(=O)N2CCC(N[C@H](CC(C)C)C(=O)OC3CCCC3)CC2)c(OCc2ccccc2)cc1OCc1ccccc1. The van der Waals surface area contributed by atoms with Crippen LogP contribution in [0.1, 0.15) is 92.8 Å². The van der Waals surface area contributed by atoms with Crippen LogP contribution < -0.4 is 14.8 Å². The molecule has 2 fully saturated rings. The monoisotopic (exact) mass is 638 g/mol. The average Bonchev–Trinajstić information content (AvgIpc) is 3.59. The van der Waals surface area contributed by atoms with E-state index in [1.165, 1.54) is 0 Å². The van der Waals surface area contributed by atoms with Crippen molar-refractivity contribution in [1.82, 2.24) is 10.2 Å². The highest BCUT2D eigenvalue weighted by Gasteiger charge is 2.32. The van der Waals surface area contributed by atoms with Gasteiger partial charge in [0.15, 0.2) is 0 Å². The number of esters is 1. The molecule has 7 heteroatoms. The Bertz CT molecular complexity index is 1480. The number of nitrogens with one attached hydrogen (secondary N) is 1. The molecular weight excluding hydrogens is 588 g/mol. The number of hydrogen-bond acceptors (Lipinski definition) is 6. The van der Waals surface area contributed by atoms with Gasteiger partial charge < -0.3 is 24.4 Å². The van der Waals surface area contributed by atoms with E-state index in [4.69, 9.17) is 14.2 Å². The first-order valence-corrected chi connectivity index (χ1v) is 17.2. The van der Waals surface area contributed by atoms with E-state index in [0.29, 0.717) is 49.3 Å². The average molecular weight is 639 g/mol. The largest absolute Gasteiger partial charge is 0.488 e. The predicted octanol–water partition coefficient (Wildman–Crippen LogP) is 7.97. The second-order valence-electron chi connectivity index (χ2n) is 13.4. The van der Waals surface area contributed by atoms with E-state index in [1.807, 2.05) is 84.6 Å². The Hall–Kier alpha value is -4.10. The fraction of sp³-hybridized carbons (Fsp3) is 0.450. The molecular formula is C40H50N2O5. The number of allylic oxidation sites excluding steroid dienone is 1. The molecule has 1 aliphatic heterocycles. The molecule has 250 valence electrons. The van der Waals surface area contributed by atoms with Crippen molar-refractivity contribution in [2.45, 2.75) is 97.1 Å². The zero-order chi connectivity index (χ0) is 33.2. The Kier molecular flexibility index (Phi) is 12.1. The Morgan fingerprint density at radius 1 is 0.830 bits per heavy atom. The lowest BCUT2D eigenvalue weighted by molar-refractivity contribution is -0.152. The summed E-state index contributed by atoms with van der Waals surface area (Å²) in [6.07, 6.45) is 6.47. The number of carbonyl (C=O) groups excluding carboxylic acids is 2. The van der Waals surface area contributed by atoms with Gasteiger partial charge in [0.25, 0.3) is 5.91 Å². The van der Waals surface area contributed by atoms with E-state index < -0.39 is 0 Å². The van der Waals surface area contributed by atoms with Crippen LogP contribution in [0.4, 0.5) is 0 Å². The van der Waals surface area contributed by atoms with Gasteiger partial charge in [0, 0.05) is 30.8 Å². The summed E-state index contributed by atoms with van der Waals surface area (Å²) < 4.78 is 18.5. The summed E-state index contributed by atoms with van der Waals surface area (Å²) >= 11 is 0. The molecule has 3 aromatic rings. The normalized spacial score (nSPS) is 16.2. The van der Waals surface area contributed by atoms with Crippen molar-refractivity contribution in [3.8, 4) is 11.5 Å². The standard InChI is InChI=1S/C40H50N2O5/c1-28(2)23-36(40(44)47-33-17-11-12-18-33)41-32-19-21-42(22-20-32)39(43)35-24-34(29(3)4)37(45-26-30-13-7-5-8-14-30)25-38(35)46-27-31-15-9-6-10-16-31/h5-10,13-16,24-25,28,32-33,36,41H,3,11-12,17-23,26-27H2,1-2,4H3/t36-/m1/s1. The van der Waals surface area contributed by atoms with E-state index in [2.05, 4.69) is 25.7 Å². The maximum absolute atomic E-state index is 14.2. The number of nitrogens with zero attached hydrogens (tertiary/aromatic N) is 1. The quantitative estimate of drug-likeness (QED) is 0.181. The van der Waals surface area contributed by atoms with Crippen LogP contribution in [0, 0.1) is 5.92 Å². The maximum atomic E-state index is 14.2. The van der Waals surface area contributed by atoms with Gasteiger partial charge in [0.05, 0.1) is 5.56 Å². The molecule has 1 N–H and O–H groups in total. The number of ether oxygens (including phenoxy) is 3. The summed E-state index contributed by atoms with van der Waals surface area (Å²) in [7, 11) is 0. The number of likely N-dealkylation sites (tertiary alicyclic amines) is 1. The van der Waals surface area contributed by atoms with Gasteiger partial charge >= 0.3 is 5.97 Å². The minimum absolute atomic E-state index is 0.0518. The van der Waals surface area contributed by atoms with Crippen molar-refractivity contribution in [3.05, 3.63) is 102 Å². The van der Waals surface area contributed by atoms with Crippen LogP contribution >= 0.6 is 0 Å². The summed E-state index contributed by atoms with van der Waals surface area (Å²) in [5.74, 6) is 1.26. The van der Waals surface area contributed by atoms with E-state index in [0.717, 1.165) is 67.2 Å². The van der Waals surface area contributed by atoms with E-state index >= 15 is 0 Å². The second-order valence-corrected chi connectivity index (χ2v) is 13.4. The second kappa shape index (κ2) is 16.6. The van der Waals surface area contributed by atoms with Crippen LogP contribution in [-0.4, -0.2) is 48.1 Å². The van der Waals surface area contributed by atoms with E-state index in [-0.39, 0.29) is 30.1 Å². The van der Waals surface area contributed by atoms with Gasteiger partial charge in [-0.25, -0.2) is 0 Å². The summed E-state index contributed by atoms with van der Waals surface area (Å²) in [6, 6.07) is 23.4. The summed E-state index contributed by atoms with van der Waals surface area (Å²) in [6.45, 7) is 12.2. The molecule has 5 rings (SSSR count). The van der Waals surface area contributed by atoms with Gasteiger partial charge in [0.2, 0.25) is 0 Å². The van der Waals surface area contributed by atoms with Gasteiger partial charge in [0.1, 0.15) is 36.9 Å². The highest BCUT2D eigenvalue weighted by molar-refractivity contribution is 5.98. The zero-order valence-electron chi connectivity index (χ0n) is 28.2. The molecule has 0 aromatic heterocycles. The number of rotatable bonds is 14. The first kappa shape index (κ1) is 34.2. The Morgan fingerprint density at radius 3 is 1.91 bits per heavy atom. The molecule has 47 heavy (non-hydrogen) atoms. The molecule has 1 atom stereocenters. The van der Waals surface area contributed by atoms with Crippen LogP contribution in [0.3, 0.4) is 0 Å². The number of carbonyl (C=O) groups is 2. The molecule has 1 saturated carbocycles. The molecule has 1 amide bonds. The van der Waals surface area contributed by atoms with Gasteiger partial charge in [-0.05, 0) is 80.6 Å². The molecule has 0 bridgehead atoms. The maximum Gasteiger partial charge on any atom is 0.323 e. The van der Waals surface area contributed by atoms with Crippen molar-refractivity contribution >= 4 is 17.4 Å². The minimum atomic E-state index is -0.331. The fourth-order valence-electron chi connectivity index (χ4n) is 6.43. The third-order valence-electron chi connectivity index (χ3n) is 9.04. The zero-order valence-corrected chi connectivity index (χ0v) is 28.2. The van der Waals surface area contributed by atoms with E-state index in [1.54, 1.807) is 0 Å². The van der Waals surface area contributed by atoms with Crippen molar-refractivity contribution in [2.24, 2.45) is 5.92 Å². The van der Waals surface area contributed by atoms with Gasteiger partial charge in [-0.15, -0.1) is 0 Å². The van der Waals surface area contributed by atoms with Crippen molar-refractivity contribution in [1.29, 1.82) is 0 Å². The lowest BCUT2D eigenvalue weighted by Crippen LogP contribution is -2.51. The van der Waals surface area contributed by atoms with Crippen LogP contribution in [0.15, 0.2) is 79.4 Å². The molecule has 0 unspecified atom stereocenters. The smallest absolute Gasteiger partial charge is 0.323 e. The molecule has 0 spiro atoms. The third-order valence-corrected chi connectivity index (χ3v) is 9.04. The predicted molar refractivity (Wildman–Crippen MR) is 186 cm³/mol. The number of amides is 1. The third kappa shape index (κ3) is 9.71. The minimum Gasteiger partial charge on any atom is -0.488 e. The van der Waals surface area contributed by atoms with Gasteiger partial charge in [-0.1, -0.05) is 81.1 Å². The summed E-state index contributed by atoms with van der Waals surface area (Å²) in [4.78, 5) is 29.2. The van der Waals surface area contributed by atoms with Crippen molar-refractivity contribution in [3.63, 3.8) is 0 Å². The Labute approximate surface area is 280 Å². The molecule has 2 aliphatic rings. The number of benzene rings is 3. The topological polar surface area (TPSA) is 77.1 Å². The van der Waals surface area contributed by atoms with Crippen LogP contribution in [-0.2, 0) is 22.7 Å². The first-order valence-electron chi connectivity index (χ1n) is 17.2. The Balaban J connectivity index is 1.30. The molecule has 1 heterocycles. The first-order chi connectivity index (χ1) is 22.8. The van der Waals surface area contributed by atoms with Gasteiger partial charge in [-0.2, -0.15) is 0 Å². The molecule has 3 aromatic carbocycles. The van der Waals surface area contributed by atoms with Crippen LogP contribution in [0.5, 0.6) is 11.5 Å². The van der Waals surface area contributed by atoms with Gasteiger partial charge in [-0.3, -0.25) is 9.59 Å². The molecule has 1 aliphatic carbocycles. The van der Waals surface area contributed by atoms with E-state index in [9.17, 15) is 9.59 Å². The fourth-order valence-corrected chi connectivity index (χ4v) is 6.43. The lowest BCUT2D eigenvalue weighted by Gasteiger charge is -2.35. The lowest BCUT2D eigenvalue weighted by atomic mass is 9.98. The number of hydrogen-bond donors (Lipinski definition) is 1. The molecule has 0 radical (unpaired) electrons. The number of piperidine rings is 1. The van der Waals surface area contributed by atoms with Crippen molar-refractivity contribution < 1.29 is 23.8 Å². The summed E-state index contributed by atoms with van der Waals surface area (Å²) in [5, 5.41) is 3.60. The highest BCUT2D eigenvalue weighted by atomic mass is 16.5. The molecule has 1 saturated heterocycles. The van der Waals surface area contributed by atoms with Crippen LogP contribution in [0.25, 0.3) is 5.57 Å².